The van der Waals surface area contributed by atoms with E-state index in [2.05, 4.69) is 43.4 Å². The second-order valence-electron chi connectivity index (χ2n) is 9.21. The number of carbonyl (C=O) groups is 2. The Hall–Kier alpha value is -2.33. The van der Waals surface area contributed by atoms with Crippen molar-refractivity contribution in [3.63, 3.8) is 0 Å². The highest BCUT2D eigenvalue weighted by Crippen LogP contribution is 2.20. The van der Waals surface area contributed by atoms with Crippen LogP contribution in [0.3, 0.4) is 0 Å². The number of halogens is 1. The fourth-order valence-corrected chi connectivity index (χ4v) is 4.48. The molecule has 172 valence electrons. The molecule has 1 aliphatic carbocycles. The minimum absolute atomic E-state index is 0.0213. The van der Waals surface area contributed by atoms with Gasteiger partial charge in [0.05, 0.1) is 0 Å². The molecular formula is C27H35ClN2O2. The van der Waals surface area contributed by atoms with Gasteiger partial charge in [0, 0.05) is 24.0 Å². The first-order valence-corrected chi connectivity index (χ1v) is 12.1. The van der Waals surface area contributed by atoms with Crippen LogP contribution in [0.15, 0.2) is 48.5 Å². The smallest absolute Gasteiger partial charge is 0.242 e. The minimum atomic E-state index is -0.537. The van der Waals surface area contributed by atoms with Crippen molar-refractivity contribution in [2.75, 3.05) is 0 Å². The molecule has 0 aromatic heterocycles. The molecule has 0 saturated heterocycles. The van der Waals surface area contributed by atoms with E-state index >= 15 is 0 Å². The number of amides is 2. The Labute approximate surface area is 197 Å². The van der Waals surface area contributed by atoms with Crippen LogP contribution in [0, 0.1) is 0 Å². The van der Waals surface area contributed by atoms with Crippen molar-refractivity contribution in [3.05, 3.63) is 70.2 Å². The molecule has 1 N–H and O–H groups in total. The van der Waals surface area contributed by atoms with Gasteiger partial charge in [-0.15, -0.1) is 0 Å². The van der Waals surface area contributed by atoms with E-state index in [9.17, 15) is 9.59 Å². The van der Waals surface area contributed by atoms with Crippen molar-refractivity contribution in [1.29, 1.82) is 0 Å². The lowest BCUT2D eigenvalue weighted by molar-refractivity contribution is -0.140. The first-order chi connectivity index (χ1) is 15.3. The van der Waals surface area contributed by atoms with E-state index < -0.39 is 6.04 Å². The third-order valence-corrected chi connectivity index (χ3v) is 6.62. The lowest BCUT2D eigenvalue weighted by Crippen LogP contribution is -2.49. The first-order valence-electron chi connectivity index (χ1n) is 11.8. The molecule has 0 spiro atoms. The van der Waals surface area contributed by atoms with E-state index in [0.29, 0.717) is 30.3 Å². The number of benzene rings is 2. The number of aryl methyl sites for hydroxylation is 1. The van der Waals surface area contributed by atoms with Crippen LogP contribution in [0.2, 0.25) is 5.02 Å². The van der Waals surface area contributed by atoms with E-state index in [1.54, 1.807) is 4.90 Å². The highest BCUT2D eigenvalue weighted by atomic mass is 35.5. The maximum Gasteiger partial charge on any atom is 0.242 e. The largest absolute Gasteiger partial charge is 0.352 e. The van der Waals surface area contributed by atoms with Crippen molar-refractivity contribution < 1.29 is 9.59 Å². The van der Waals surface area contributed by atoms with Crippen LogP contribution < -0.4 is 5.32 Å². The summed E-state index contributed by atoms with van der Waals surface area (Å²) in [6.07, 6.45) is 5.36. The van der Waals surface area contributed by atoms with E-state index in [4.69, 9.17) is 11.6 Å². The van der Waals surface area contributed by atoms with Gasteiger partial charge in [0.15, 0.2) is 0 Å². The Bertz CT molecular complexity index is 904. The molecule has 4 nitrogen and oxygen atoms in total. The number of rotatable bonds is 9. The fourth-order valence-electron chi connectivity index (χ4n) is 4.27. The van der Waals surface area contributed by atoms with E-state index in [1.807, 2.05) is 31.2 Å². The highest BCUT2D eigenvalue weighted by molar-refractivity contribution is 6.30. The van der Waals surface area contributed by atoms with Crippen molar-refractivity contribution in [2.45, 2.75) is 83.8 Å². The molecule has 5 heteroatoms. The second-order valence-corrected chi connectivity index (χ2v) is 9.65. The van der Waals surface area contributed by atoms with Crippen LogP contribution in [-0.2, 0) is 22.6 Å². The van der Waals surface area contributed by atoms with Crippen LogP contribution in [0.25, 0.3) is 0 Å². The Morgan fingerprint density at radius 1 is 1.03 bits per heavy atom. The number of hydrogen-bond acceptors (Lipinski definition) is 2. The molecular weight excluding hydrogens is 420 g/mol. The summed E-state index contributed by atoms with van der Waals surface area (Å²) in [5.74, 6) is 0.388. The van der Waals surface area contributed by atoms with E-state index in [1.165, 1.54) is 5.56 Å². The average Bonchev–Trinajstić information content (AvgIpc) is 3.28. The summed E-state index contributed by atoms with van der Waals surface area (Å²) >= 11 is 6.16. The summed E-state index contributed by atoms with van der Waals surface area (Å²) in [6.45, 7) is 6.53. The molecule has 2 aromatic carbocycles. The second kappa shape index (κ2) is 11.5. The van der Waals surface area contributed by atoms with Gasteiger partial charge in [0.2, 0.25) is 11.8 Å². The lowest BCUT2D eigenvalue weighted by atomic mass is 10.00. The summed E-state index contributed by atoms with van der Waals surface area (Å²) in [6, 6.07) is 15.6. The Morgan fingerprint density at radius 3 is 2.34 bits per heavy atom. The van der Waals surface area contributed by atoms with Crippen molar-refractivity contribution >= 4 is 23.4 Å². The summed E-state index contributed by atoms with van der Waals surface area (Å²) in [4.78, 5) is 27.9. The molecule has 0 bridgehead atoms. The molecule has 1 saturated carbocycles. The fraction of sp³-hybridized carbons (Fsp3) is 0.481. The zero-order valence-corrected chi connectivity index (χ0v) is 20.2. The van der Waals surface area contributed by atoms with Gasteiger partial charge in [0.25, 0.3) is 0 Å². The predicted molar refractivity (Wildman–Crippen MR) is 131 cm³/mol. The Balaban J connectivity index is 1.69. The molecule has 0 heterocycles. The van der Waals surface area contributed by atoms with Crippen LogP contribution in [0.1, 0.15) is 75.5 Å². The van der Waals surface area contributed by atoms with Crippen molar-refractivity contribution in [3.8, 4) is 0 Å². The van der Waals surface area contributed by atoms with Gasteiger partial charge in [-0.05, 0) is 60.9 Å². The molecule has 1 atom stereocenters. The zero-order valence-electron chi connectivity index (χ0n) is 19.4. The van der Waals surface area contributed by atoms with Crippen LogP contribution in [0.5, 0.6) is 0 Å². The topological polar surface area (TPSA) is 49.4 Å². The van der Waals surface area contributed by atoms with Crippen LogP contribution in [-0.4, -0.2) is 28.8 Å². The third-order valence-electron chi connectivity index (χ3n) is 6.38. The normalized spacial score (nSPS) is 15.0. The lowest BCUT2D eigenvalue weighted by Gasteiger charge is -2.30. The van der Waals surface area contributed by atoms with E-state index in [-0.39, 0.29) is 17.9 Å². The maximum absolute atomic E-state index is 13.3. The van der Waals surface area contributed by atoms with Gasteiger partial charge in [-0.1, -0.05) is 74.7 Å². The SMILES string of the molecule is CC(C)c1ccc(CCC(=O)N(Cc2cccc(Cl)c2)[C@@H](C)C(=O)NC2CCCC2)cc1. The van der Waals surface area contributed by atoms with Crippen molar-refractivity contribution in [2.24, 2.45) is 0 Å². The highest BCUT2D eigenvalue weighted by Gasteiger charge is 2.28. The molecule has 1 fully saturated rings. The molecule has 2 aromatic rings. The number of nitrogens with one attached hydrogen (secondary N) is 1. The van der Waals surface area contributed by atoms with Crippen molar-refractivity contribution in [1.82, 2.24) is 10.2 Å². The standard InChI is InChI=1S/C27H35ClN2O2/c1-19(2)23-14-11-21(12-15-23)13-16-26(31)30(18-22-7-6-8-24(28)17-22)20(3)27(32)29-25-9-4-5-10-25/h6-8,11-12,14-15,17,19-20,25H,4-5,9-10,13,16,18H2,1-3H3,(H,29,32)/t20-/m0/s1. The third kappa shape index (κ3) is 6.83. The summed E-state index contributed by atoms with van der Waals surface area (Å²) < 4.78 is 0. The monoisotopic (exact) mass is 454 g/mol. The number of nitrogens with zero attached hydrogens (tertiary/aromatic N) is 1. The molecule has 0 aliphatic heterocycles. The molecule has 32 heavy (non-hydrogen) atoms. The van der Waals surface area contributed by atoms with Gasteiger partial charge < -0.3 is 10.2 Å². The van der Waals surface area contributed by atoms with Crippen LogP contribution >= 0.6 is 11.6 Å². The number of hydrogen-bond donors (Lipinski definition) is 1. The van der Waals surface area contributed by atoms with E-state index in [0.717, 1.165) is 36.8 Å². The molecule has 2 amide bonds. The van der Waals surface area contributed by atoms with Gasteiger partial charge in [-0.2, -0.15) is 0 Å². The quantitative estimate of drug-likeness (QED) is 0.514. The summed E-state index contributed by atoms with van der Waals surface area (Å²) in [7, 11) is 0. The van der Waals surface area contributed by atoms with Gasteiger partial charge in [-0.3, -0.25) is 9.59 Å². The average molecular weight is 455 g/mol. The molecule has 1 aliphatic rings. The molecule has 3 rings (SSSR count). The predicted octanol–water partition coefficient (Wildman–Crippen LogP) is 5.87. The molecule has 0 unspecified atom stereocenters. The zero-order chi connectivity index (χ0) is 23.1. The summed E-state index contributed by atoms with van der Waals surface area (Å²) in [5, 5.41) is 3.77. The minimum Gasteiger partial charge on any atom is -0.352 e. The van der Waals surface area contributed by atoms with Gasteiger partial charge in [-0.25, -0.2) is 0 Å². The van der Waals surface area contributed by atoms with Crippen LogP contribution in [0.4, 0.5) is 0 Å². The maximum atomic E-state index is 13.3. The van der Waals surface area contributed by atoms with Gasteiger partial charge >= 0.3 is 0 Å². The first kappa shape index (κ1) is 24.3. The van der Waals surface area contributed by atoms with Gasteiger partial charge in [0.1, 0.15) is 6.04 Å². The summed E-state index contributed by atoms with van der Waals surface area (Å²) in [5.41, 5.74) is 3.35. The molecule has 0 radical (unpaired) electrons. The Kier molecular flexibility index (Phi) is 8.75. The number of carbonyl (C=O) groups excluding carboxylic acids is 2. The Morgan fingerprint density at radius 2 is 1.72 bits per heavy atom.